The van der Waals surface area contributed by atoms with Gasteiger partial charge in [0, 0.05) is 24.2 Å². The van der Waals surface area contributed by atoms with E-state index in [-0.39, 0.29) is 5.91 Å². The van der Waals surface area contributed by atoms with Gasteiger partial charge in [-0.05, 0) is 43.5 Å². The molecule has 0 spiro atoms. The average molecular weight is 396 g/mol. The predicted molar refractivity (Wildman–Crippen MR) is 115 cm³/mol. The minimum absolute atomic E-state index is 0.0756. The van der Waals surface area contributed by atoms with Crippen LogP contribution < -0.4 is 15.4 Å². The molecule has 0 aliphatic rings. The molecule has 1 aromatic carbocycles. The first-order valence-corrected chi connectivity index (χ1v) is 10.3. The van der Waals surface area contributed by atoms with Gasteiger partial charge in [-0.3, -0.25) is 4.79 Å². The van der Waals surface area contributed by atoms with E-state index in [1.165, 1.54) is 11.3 Å². The molecule has 3 rings (SSSR count). The summed E-state index contributed by atoms with van der Waals surface area (Å²) in [4.78, 5) is 18.5. The number of carbonyl (C=O) groups excluding carboxylic acids is 1. The van der Waals surface area contributed by atoms with Crippen LogP contribution in [0.4, 0.5) is 5.82 Å². The van der Waals surface area contributed by atoms with E-state index in [1.54, 1.807) is 6.20 Å². The van der Waals surface area contributed by atoms with Gasteiger partial charge in [-0.1, -0.05) is 36.4 Å². The Morgan fingerprint density at radius 1 is 1.07 bits per heavy atom. The number of benzene rings is 1. The zero-order chi connectivity index (χ0) is 19.6. The lowest BCUT2D eigenvalue weighted by atomic mass is 10.2. The number of amides is 1. The number of thiophene rings is 1. The van der Waals surface area contributed by atoms with Gasteiger partial charge in [-0.2, -0.15) is 0 Å². The van der Waals surface area contributed by atoms with Crippen LogP contribution in [0.25, 0.3) is 10.4 Å². The lowest BCUT2D eigenvalue weighted by molar-refractivity contribution is 0.0954. The quantitative estimate of drug-likeness (QED) is 0.483. The fourth-order valence-electron chi connectivity index (χ4n) is 2.76. The first-order valence-electron chi connectivity index (χ1n) is 9.53. The van der Waals surface area contributed by atoms with Crippen molar-refractivity contribution in [2.75, 3.05) is 25.0 Å². The first kappa shape index (κ1) is 19.9. The Balaban J connectivity index is 1.50. The summed E-state index contributed by atoms with van der Waals surface area (Å²) in [6.07, 6.45) is 3.62. The number of hydrogen-bond acceptors (Lipinski definition) is 5. The average Bonchev–Trinajstić information content (AvgIpc) is 3.16. The van der Waals surface area contributed by atoms with Gasteiger partial charge in [0.1, 0.15) is 16.4 Å². The molecule has 0 aliphatic heterocycles. The third-order valence-corrected chi connectivity index (χ3v) is 5.29. The molecule has 6 heteroatoms. The van der Waals surface area contributed by atoms with Crippen molar-refractivity contribution in [3.8, 4) is 16.2 Å². The third kappa shape index (κ3) is 5.57. The fraction of sp³-hybridized carbons (Fsp3) is 0.273. The SMILES string of the molecule is CCOc1cc(-c2ccccc2)sc1C(=O)NCCCCNc1ccccn1. The van der Waals surface area contributed by atoms with Crippen molar-refractivity contribution >= 4 is 23.1 Å². The van der Waals surface area contributed by atoms with E-state index in [0.29, 0.717) is 23.8 Å². The molecule has 3 aromatic rings. The number of unbranched alkanes of at least 4 members (excludes halogenated alkanes) is 1. The minimum Gasteiger partial charge on any atom is -0.492 e. The van der Waals surface area contributed by atoms with E-state index in [2.05, 4.69) is 15.6 Å². The van der Waals surface area contributed by atoms with Crippen molar-refractivity contribution in [1.82, 2.24) is 10.3 Å². The molecule has 2 aromatic heterocycles. The normalized spacial score (nSPS) is 10.5. The van der Waals surface area contributed by atoms with E-state index in [0.717, 1.165) is 35.6 Å². The molecule has 0 aliphatic carbocycles. The Morgan fingerprint density at radius 3 is 2.61 bits per heavy atom. The van der Waals surface area contributed by atoms with Crippen LogP contribution in [0.5, 0.6) is 5.75 Å². The van der Waals surface area contributed by atoms with Gasteiger partial charge in [-0.15, -0.1) is 11.3 Å². The lowest BCUT2D eigenvalue weighted by Gasteiger charge is -2.07. The van der Waals surface area contributed by atoms with Crippen molar-refractivity contribution in [2.45, 2.75) is 19.8 Å². The van der Waals surface area contributed by atoms with Crippen LogP contribution in [0.15, 0.2) is 60.8 Å². The molecular formula is C22H25N3O2S. The molecular weight excluding hydrogens is 370 g/mol. The highest BCUT2D eigenvalue weighted by Crippen LogP contribution is 2.36. The summed E-state index contributed by atoms with van der Waals surface area (Å²) >= 11 is 1.47. The lowest BCUT2D eigenvalue weighted by Crippen LogP contribution is -2.24. The number of aromatic nitrogens is 1. The van der Waals surface area contributed by atoms with Crippen molar-refractivity contribution in [1.29, 1.82) is 0 Å². The van der Waals surface area contributed by atoms with Crippen LogP contribution in [0, 0.1) is 0 Å². The second kappa shape index (κ2) is 10.5. The molecule has 0 bridgehead atoms. The van der Waals surface area contributed by atoms with Gasteiger partial charge in [0.15, 0.2) is 0 Å². The molecule has 0 unspecified atom stereocenters. The summed E-state index contributed by atoms with van der Waals surface area (Å²) < 4.78 is 5.69. The zero-order valence-electron chi connectivity index (χ0n) is 16.0. The maximum absolute atomic E-state index is 12.6. The summed E-state index contributed by atoms with van der Waals surface area (Å²) in [6.45, 7) is 3.92. The molecule has 2 N–H and O–H groups in total. The molecule has 0 atom stereocenters. The van der Waals surface area contributed by atoms with Gasteiger partial charge < -0.3 is 15.4 Å². The number of nitrogens with zero attached hydrogens (tertiary/aromatic N) is 1. The second-order valence-corrected chi connectivity index (χ2v) is 7.26. The number of ether oxygens (including phenoxy) is 1. The Morgan fingerprint density at radius 2 is 1.86 bits per heavy atom. The molecule has 2 heterocycles. The first-order chi connectivity index (χ1) is 13.8. The topological polar surface area (TPSA) is 63.2 Å². The number of carbonyl (C=O) groups is 1. The number of hydrogen-bond donors (Lipinski definition) is 2. The highest BCUT2D eigenvalue weighted by atomic mass is 32.1. The molecule has 28 heavy (non-hydrogen) atoms. The van der Waals surface area contributed by atoms with Crippen LogP contribution in [-0.4, -0.2) is 30.6 Å². The van der Waals surface area contributed by atoms with Gasteiger partial charge in [-0.25, -0.2) is 4.98 Å². The fourth-order valence-corrected chi connectivity index (χ4v) is 3.78. The molecule has 0 radical (unpaired) electrons. The van der Waals surface area contributed by atoms with Crippen LogP contribution in [0.2, 0.25) is 0 Å². The van der Waals surface area contributed by atoms with Crippen molar-refractivity contribution in [3.63, 3.8) is 0 Å². The van der Waals surface area contributed by atoms with Crippen LogP contribution >= 0.6 is 11.3 Å². The number of anilines is 1. The maximum atomic E-state index is 12.6. The molecule has 0 saturated carbocycles. The summed E-state index contributed by atoms with van der Waals surface area (Å²) in [5.74, 6) is 1.45. The molecule has 146 valence electrons. The monoisotopic (exact) mass is 395 g/mol. The van der Waals surface area contributed by atoms with Crippen LogP contribution in [0.3, 0.4) is 0 Å². The Labute approximate surface area is 169 Å². The molecule has 0 saturated heterocycles. The highest BCUT2D eigenvalue weighted by molar-refractivity contribution is 7.17. The molecule has 0 fully saturated rings. The van der Waals surface area contributed by atoms with Crippen molar-refractivity contribution < 1.29 is 9.53 Å². The smallest absolute Gasteiger partial charge is 0.265 e. The van der Waals surface area contributed by atoms with Crippen LogP contribution in [0.1, 0.15) is 29.4 Å². The Hall–Kier alpha value is -2.86. The van der Waals surface area contributed by atoms with E-state index >= 15 is 0 Å². The van der Waals surface area contributed by atoms with Gasteiger partial charge in [0.2, 0.25) is 0 Å². The van der Waals surface area contributed by atoms with E-state index in [1.807, 2.05) is 61.5 Å². The van der Waals surface area contributed by atoms with Gasteiger partial charge >= 0.3 is 0 Å². The van der Waals surface area contributed by atoms with Crippen LogP contribution in [-0.2, 0) is 0 Å². The Kier molecular flexibility index (Phi) is 7.44. The number of pyridine rings is 1. The molecule has 5 nitrogen and oxygen atoms in total. The number of rotatable bonds is 10. The van der Waals surface area contributed by atoms with E-state index < -0.39 is 0 Å². The summed E-state index contributed by atoms with van der Waals surface area (Å²) in [7, 11) is 0. The Bertz CT molecular complexity index is 866. The zero-order valence-corrected chi connectivity index (χ0v) is 16.8. The van der Waals surface area contributed by atoms with Gasteiger partial charge in [0.25, 0.3) is 5.91 Å². The maximum Gasteiger partial charge on any atom is 0.265 e. The van der Waals surface area contributed by atoms with E-state index in [9.17, 15) is 4.79 Å². The van der Waals surface area contributed by atoms with Crippen molar-refractivity contribution in [3.05, 3.63) is 65.7 Å². The van der Waals surface area contributed by atoms with Crippen molar-refractivity contribution in [2.24, 2.45) is 0 Å². The van der Waals surface area contributed by atoms with E-state index in [4.69, 9.17) is 4.74 Å². The standard InChI is InChI=1S/C22H25N3O2S/c1-2-27-18-16-19(17-10-4-3-5-11-17)28-21(18)22(26)25-15-9-8-14-24-20-12-6-7-13-23-20/h3-7,10-13,16H,2,8-9,14-15H2,1H3,(H,23,24)(H,25,26). The summed E-state index contributed by atoms with van der Waals surface area (Å²) in [5, 5.41) is 6.28. The summed E-state index contributed by atoms with van der Waals surface area (Å²) in [5.41, 5.74) is 1.09. The van der Waals surface area contributed by atoms with Gasteiger partial charge in [0.05, 0.1) is 6.61 Å². The minimum atomic E-state index is -0.0756. The largest absolute Gasteiger partial charge is 0.492 e. The highest BCUT2D eigenvalue weighted by Gasteiger charge is 2.18. The number of nitrogens with one attached hydrogen (secondary N) is 2. The second-order valence-electron chi connectivity index (χ2n) is 6.21. The molecule has 1 amide bonds. The predicted octanol–water partition coefficient (Wildman–Crippen LogP) is 4.83. The summed E-state index contributed by atoms with van der Waals surface area (Å²) in [6, 6.07) is 17.8. The third-order valence-electron chi connectivity index (χ3n) is 4.12.